The molecule has 1 atom stereocenters. The number of H-pyrrole nitrogens is 1. The maximum absolute atomic E-state index is 12.9. The van der Waals surface area contributed by atoms with E-state index >= 15 is 0 Å². The van der Waals surface area contributed by atoms with Crippen LogP contribution in [0.5, 0.6) is 0 Å². The average molecular weight is 452 g/mol. The van der Waals surface area contributed by atoms with Crippen molar-refractivity contribution in [2.45, 2.75) is 13.0 Å². The Hall–Kier alpha value is -3.89. The normalized spacial score (nSPS) is 11.9. The highest BCUT2D eigenvalue weighted by Gasteiger charge is 2.14. The van der Waals surface area contributed by atoms with E-state index in [1.165, 1.54) is 0 Å². The van der Waals surface area contributed by atoms with E-state index < -0.39 is 0 Å². The fourth-order valence-electron chi connectivity index (χ4n) is 4.03. The van der Waals surface area contributed by atoms with Gasteiger partial charge in [-0.1, -0.05) is 78.3 Å². The Morgan fingerprint density at radius 2 is 1.58 bits per heavy atom. The van der Waals surface area contributed by atoms with Crippen LogP contribution in [0.2, 0.25) is 5.02 Å². The quantitative estimate of drug-likeness (QED) is 0.301. The number of aromatic amines is 1. The number of nitrogens with zero attached hydrogens (tertiary/aromatic N) is 1. The summed E-state index contributed by atoms with van der Waals surface area (Å²) in [4.78, 5) is 12.9. The molecule has 162 valence electrons. The minimum atomic E-state index is -0.114. The molecule has 1 aromatic heterocycles. The third-order valence-electron chi connectivity index (χ3n) is 5.81. The predicted octanol–water partition coefficient (Wildman–Crippen LogP) is 7.04. The third kappa shape index (κ3) is 4.38. The van der Waals surface area contributed by atoms with Crippen LogP contribution in [0.15, 0.2) is 97.1 Å². The van der Waals surface area contributed by atoms with Crippen LogP contribution in [0.25, 0.3) is 33.3 Å². The fourth-order valence-corrected chi connectivity index (χ4v) is 4.15. The summed E-state index contributed by atoms with van der Waals surface area (Å²) in [6.45, 7) is 2.01. The molecule has 5 heteroatoms. The molecule has 5 rings (SSSR count). The van der Waals surface area contributed by atoms with Gasteiger partial charge in [0.1, 0.15) is 0 Å². The Kier molecular flexibility index (Phi) is 5.68. The molecule has 0 radical (unpaired) electrons. The zero-order valence-electron chi connectivity index (χ0n) is 18.0. The second-order valence-electron chi connectivity index (χ2n) is 8.01. The van der Waals surface area contributed by atoms with Crippen LogP contribution in [0, 0.1) is 0 Å². The van der Waals surface area contributed by atoms with Gasteiger partial charge in [-0.15, -0.1) is 0 Å². The summed E-state index contributed by atoms with van der Waals surface area (Å²) in [5.74, 6) is -0.106. The van der Waals surface area contributed by atoms with Crippen LogP contribution >= 0.6 is 11.6 Å². The number of carbonyl (C=O) groups is 1. The van der Waals surface area contributed by atoms with E-state index in [1.807, 2.05) is 79.7 Å². The molecule has 2 N–H and O–H groups in total. The number of hydrogen-bond acceptors (Lipinski definition) is 2. The zero-order chi connectivity index (χ0) is 22.8. The summed E-state index contributed by atoms with van der Waals surface area (Å²) in [7, 11) is 0. The van der Waals surface area contributed by atoms with E-state index in [2.05, 4.69) is 39.8 Å². The molecule has 1 amide bonds. The molecule has 0 fully saturated rings. The summed E-state index contributed by atoms with van der Waals surface area (Å²) in [5, 5.41) is 13.6. The first-order chi connectivity index (χ1) is 16.1. The van der Waals surface area contributed by atoms with E-state index in [0.717, 1.165) is 38.9 Å². The Morgan fingerprint density at radius 3 is 2.36 bits per heavy atom. The van der Waals surface area contributed by atoms with E-state index in [0.29, 0.717) is 10.6 Å². The van der Waals surface area contributed by atoms with Crippen LogP contribution < -0.4 is 5.32 Å². The van der Waals surface area contributed by atoms with Gasteiger partial charge >= 0.3 is 0 Å². The van der Waals surface area contributed by atoms with Gasteiger partial charge in [0.25, 0.3) is 5.91 Å². The van der Waals surface area contributed by atoms with Gasteiger partial charge in [-0.2, -0.15) is 5.10 Å². The van der Waals surface area contributed by atoms with Crippen molar-refractivity contribution in [2.24, 2.45) is 0 Å². The number of amides is 1. The number of hydrogen-bond donors (Lipinski definition) is 2. The monoisotopic (exact) mass is 451 g/mol. The molecule has 0 aliphatic heterocycles. The van der Waals surface area contributed by atoms with Crippen molar-refractivity contribution in [3.63, 3.8) is 0 Å². The van der Waals surface area contributed by atoms with Crippen LogP contribution in [-0.2, 0) is 0 Å². The lowest BCUT2D eigenvalue weighted by Crippen LogP contribution is -2.26. The van der Waals surface area contributed by atoms with Crippen LogP contribution in [0.1, 0.15) is 28.9 Å². The van der Waals surface area contributed by atoms with Crippen molar-refractivity contribution in [2.75, 3.05) is 0 Å². The first-order valence-corrected chi connectivity index (χ1v) is 11.2. The fraction of sp³-hybridized carbons (Fsp3) is 0.0714. The molecule has 0 bridgehead atoms. The Bertz CT molecular complexity index is 1420. The maximum atomic E-state index is 12.9. The molecule has 0 saturated heterocycles. The summed E-state index contributed by atoms with van der Waals surface area (Å²) < 4.78 is 0. The SMILES string of the molecule is CC(NC(=O)c1ccc(-c2cc(-c3ccc(Cl)cc3)[nH]n2)cc1)c1cccc2ccccc12. The van der Waals surface area contributed by atoms with Crippen molar-refractivity contribution < 1.29 is 4.79 Å². The highest BCUT2D eigenvalue weighted by atomic mass is 35.5. The van der Waals surface area contributed by atoms with Gasteiger partial charge in [0.05, 0.1) is 17.4 Å². The lowest BCUT2D eigenvalue weighted by molar-refractivity contribution is 0.0940. The number of nitrogens with one attached hydrogen (secondary N) is 2. The van der Waals surface area contributed by atoms with E-state index in [1.54, 1.807) is 0 Å². The first kappa shape index (κ1) is 21.0. The molecular weight excluding hydrogens is 430 g/mol. The van der Waals surface area contributed by atoms with Crippen LogP contribution in [0.3, 0.4) is 0 Å². The van der Waals surface area contributed by atoms with Gasteiger partial charge in [-0.05, 0) is 59.2 Å². The molecular formula is C28H22ClN3O. The average Bonchev–Trinajstić information content (AvgIpc) is 3.34. The maximum Gasteiger partial charge on any atom is 0.251 e. The number of aromatic nitrogens is 2. The first-order valence-electron chi connectivity index (χ1n) is 10.8. The minimum Gasteiger partial charge on any atom is -0.345 e. The minimum absolute atomic E-state index is 0.106. The molecule has 1 heterocycles. The highest BCUT2D eigenvalue weighted by Crippen LogP contribution is 2.26. The summed E-state index contributed by atoms with van der Waals surface area (Å²) in [6, 6.07) is 31.3. The molecule has 0 saturated carbocycles. The summed E-state index contributed by atoms with van der Waals surface area (Å²) >= 11 is 5.97. The molecule has 1 unspecified atom stereocenters. The van der Waals surface area contributed by atoms with Gasteiger partial charge in [0, 0.05) is 16.1 Å². The van der Waals surface area contributed by atoms with Crippen molar-refractivity contribution in [1.82, 2.24) is 15.5 Å². The van der Waals surface area contributed by atoms with Crippen molar-refractivity contribution in [1.29, 1.82) is 0 Å². The molecule has 4 nitrogen and oxygen atoms in total. The van der Waals surface area contributed by atoms with E-state index in [4.69, 9.17) is 11.6 Å². The lowest BCUT2D eigenvalue weighted by Gasteiger charge is -2.17. The second kappa shape index (κ2) is 8.93. The molecule has 0 aliphatic carbocycles. The smallest absolute Gasteiger partial charge is 0.251 e. The largest absolute Gasteiger partial charge is 0.345 e. The Morgan fingerprint density at radius 1 is 0.879 bits per heavy atom. The van der Waals surface area contributed by atoms with Crippen molar-refractivity contribution >= 4 is 28.3 Å². The standard InChI is InChI=1S/C28H22ClN3O/c1-18(24-8-4-6-19-5-2-3-7-25(19)24)30-28(33)22-11-9-20(10-12-22)26-17-27(32-31-26)21-13-15-23(29)16-14-21/h2-18H,1H3,(H,30,33)(H,31,32). The number of halogens is 1. The molecule has 33 heavy (non-hydrogen) atoms. The van der Waals surface area contributed by atoms with Gasteiger partial charge < -0.3 is 5.32 Å². The predicted molar refractivity (Wildman–Crippen MR) is 134 cm³/mol. The third-order valence-corrected chi connectivity index (χ3v) is 6.07. The lowest BCUT2D eigenvalue weighted by atomic mass is 9.99. The topological polar surface area (TPSA) is 57.8 Å². The van der Waals surface area contributed by atoms with Gasteiger partial charge in [-0.25, -0.2) is 0 Å². The second-order valence-corrected chi connectivity index (χ2v) is 8.45. The summed E-state index contributed by atoms with van der Waals surface area (Å²) in [6.07, 6.45) is 0. The van der Waals surface area contributed by atoms with Gasteiger partial charge in [0.15, 0.2) is 0 Å². The number of rotatable bonds is 5. The molecule has 4 aromatic carbocycles. The zero-order valence-corrected chi connectivity index (χ0v) is 18.8. The number of benzene rings is 4. The highest BCUT2D eigenvalue weighted by molar-refractivity contribution is 6.30. The van der Waals surface area contributed by atoms with Crippen LogP contribution in [0.4, 0.5) is 0 Å². The Labute approximate surface area is 197 Å². The van der Waals surface area contributed by atoms with Gasteiger partial charge in [0.2, 0.25) is 0 Å². The Balaban J connectivity index is 1.31. The molecule has 5 aromatic rings. The van der Waals surface area contributed by atoms with E-state index in [9.17, 15) is 4.79 Å². The van der Waals surface area contributed by atoms with Crippen LogP contribution in [-0.4, -0.2) is 16.1 Å². The van der Waals surface area contributed by atoms with Crippen molar-refractivity contribution in [3.8, 4) is 22.5 Å². The molecule has 0 aliphatic rings. The molecule has 0 spiro atoms. The van der Waals surface area contributed by atoms with Gasteiger partial charge in [-0.3, -0.25) is 9.89 Å². The summed E-state index contributed by atoms with van der Waals surface area (Å²) in [5.41, 5.74) is 5.38. The van der Waals surface area contributed by atoms with Crippen molar-refractivity contribution in [3.05, 3.63) is 113 Å². The number of fused-ring (bicyclic) bond motifs is 1. The van der Waals surface area contributed by atoms with E-state index in [-0.39, 0.29) is 11.9 Å². The number of carbonyl (C=O) groups excluding carboxylic acids is 1.